The van der Waals surface area contributed by atoms with E-state index in [2.05, 4.69) is 15.6 Å². The first-order valence-electron chi connectivity index (χ1n) is 6.98. The molecule has 0 unspecified atom stereocenters. The van der Waals surface area contributed by atoms with E-state index in [9.17, 15) is 4.79 Å². The number of amides is 1. The standard InChI is InChI=1S/C17H15ClN4O2/c1-11-3-6-16(20-9-11)21-10-12(8-19)17(23)22-13-4-5-15(24-2)14(18)7-13/h3-7,9-10H,1-2H3,(H,20,21)(H,22,23)/b12-10-. The van der Waals surface area contributed by atoms with E-state index in [0.717, 1.165) is 5.56 Å². The summed E-state index contributed by atoms with van der Waals surface area (Å²) in [7, 11) is 1.50. The fraction of sp³-hybridized carbons (Fsp3) is 0.118. The molecule has 0 fully saturated rings. The van der Waals surface area contributed by atoms with Crippen molar-refractivity contribution in [3.63, 3.8) is 0 Å². The molecule has 0 aliphatic rings. The lowest BCUT2D eigenvalue weighted by Crippen LogP contribution is -2.14. The molecule has 0 saturated heterocycles. The Morgan fingerprint density at radius 2 is 2.17 bits per heavy atom. The van der Waals surface area contributed by atoms with Gasteiger partial charge in [0.25, 0.3) is 5.91 Å². The number of anilines is 2. The van der Waals surface area contributed by atoms with Crippen molar-refractivity contribution in [3.05, 3.63) is 58.9 Å². The third-order valence-electron chi connectivity index (χ3n) is 3.05. The molecule has 0 atom stereocenters. The average molecular weight is 343 g/mol. The number of hydrogen-bond donors (Lipinski definition) is 2. The van der Waals surface area contributed by atoms with Crippen molar-refractivity contribution in [1.82, 2.24) is 4.98 Å². The Labute approximate surface area is 144 Å². The van der Waals surface area contributed by atoms with E-state index in [-0.39, 0.29) is 5.57 Å². The zero-order valence-electron chi connectivity index (χ0n) is 13.1. The molecule has 0 spiro atoms. The van der Waals surface area contributed by atoms with Gasteiger partial charge >= 0.3 is 0 Å². The first-order chi connectivity index (χ1) is 11.5. The molecular formula is C17H15ClN4O2. The Morgan fingerprint density at radius 1 is 1.38 bits per heavy atom. The molecule has 0 radical (unpaired) electrons. The molecule has 2 N–H and O–H groups in total. The molecular weight excluding hydrogens is 328 g/mol. The summed E-state index contributed by atoms with van der Waals surface area (Å²) >= 11 is 6.00. The maximum atomic E-state index is 12.1. The number of nitrogens with one attached hydrogen (secondary N) is 2. The fourth-order valence-corrected chi connectivity index (χ4v) is 2.05. The smallest absolute Gasteiger partial charge is 0.267 e. The van der Waals surface area contributed by atoms with E-state index in [1.165, 1.54) is 13.3 Å². The molecule has 1 aromatic heterocycles. The van der Waals surface area contributed by atoms with Gasteiger partial charge in [0.05, 0.1) is 12.1 Å². The van der Waals surface area contributed by atoms with Crippen LogP contribution in [0.15, 0.2) is 48.3 Å². The monoisotopic (exact) mass is 342 g/mol. The predicted molar refractivity (Wildman–Crippen MR) is 92.9 cm³/mol. The van der Waals surface area contributed by atoms with Crippen molar-refractivity contribution in [2.45, 2.75) is 6.92 Å². The SMILES string of the molecule is COc1ccc(NC(=O)/C(C#N)=C\Nc2ccc(C)cn2)cc1Cl. The van der Waals surface area contributed by atoms with Gasteiger partial charge in [-0.2, -0.15) is 5.26 Å². The minimum absolute atomic E-state index is 0.0932. The van der Waals surface area contributed by atoms with Crippen LogP contribution in [0.1, 0.15) is 5.56 Å². The van der Waals surface area contributed by atoms with Crippen molar-refractivity contribution in [2.75, 3.05) is 17.7 Å². The van der Waals surface area contributed by atoms with Crippen LogP contribution in [0.4, 0.5) is 11.5 Å². The molecule has 1 heterocycles. The van der Waals surface area contributed by atoms with Gasteiger partial charge in [-0.15, -0.1) is 0 Å². The zero-order valence-corrected chi connectivity index (χ0v) is 13.9. The van der Waals surface area contributed by atoms with Gasteiger partial charge in [-0.25, -0.2) is 4.98 Å². The van der Waals surface area contributed by atoms with Crippen LogP contribution in [0, 0.1) is 18.3 Å². The minimum Gasteiger partial charge on any atom is -0.495 e. The van der Waals surface area contributed by atoms with Crippen LogP contribution < -0.4 is 15.4 Å². The van der Waals surface area contributed by atoms with Gasteiger partial charge in [-0.3, -0.25) is 4.79 Å². The third kappa shape index (κ3) is 4.48. The van der Waals surface area contributed by atoms with Crippen molar-refractivity contribution in [1.29, 1.82) is 5.26 Å². The molecule has 1 amide bonds. The van der Waals surface area contributed by atoms with Gasteiger partial charge in [-0.05, 0) is 36.8 Å². The lowest BCUT2D eigenvalue weighted by molar-refractivity contribution is -0.112. The number of halogens is 1. The van der Waals surface area contributed by atoms with Gasteiger partial charge in [0, 0.05) is 18.1 Å². The van der Waals surface area contributed by atoms with Crippen LogP contribution in [-0.4, -0.2) is 18.0 Å². The normalized spacial score (nSPS) is 10.7. The second kappa shape index (κ2) is 7.99. The van der Waals surface area contributed by atoms with Crippen molar-refractivity contribution < 1.29 is 9.53 Å². The molecule has 1 aromatic carbocycles. The number of carbonyl (C=O) groups excluding carboxylic acids is 1. The van der Waals surface area contributed by atoms with Crippen LogP contribution >= 0.6 is 11.6 Å². The van der Waals surface area contributed by atoms with E-state index in [0.29, 0.717) is 22.3 Å². The molecule has 2 rings (SSSR count). The molecule has 0 bridgehead atoms. The summed E-state index contributed by atoms with van der Waals surface area (Å²) in [5, 5.41) is 14.9. The maximum Gasteiger partial charge on any atom is 0.267 e. The molecule has 24 heavy (non-hydrogen) atoms. The van der Waals surface area contributed by atoms with Crippen LogP contribution in [0.25, 0.3) is 0 Å². The maximum absolute atomic E-state index is 12.1. The Morgan fingerprint density at radius 3 is 2.75 bits per heavy atom. The number of nitrogens with zero attached hydrogens (tertiary/aromatic N) is 2. The summed E-state index contributed by atoms with van der Waals surface area (Å²) in [6.07, 6.45) is 2.99. The van der Waals surface area contributed by atoms with Gasteiger partial charge in [0.2, 0.25) is 0 Å². The number of aromatic nitrogens is 1. The zero-order chi connectivity index (χ0) is 17.5. The topological polar surface area (TPSA) is 87.0 Å². The number of nitriles is 1. The fourth-order valence-electron chi connectivity index (χ4n) is 1.79. The van der Waals surface area contributed by atoms with Crippen molar-refractivity contribution >= 4 is 29.0 Å². The van der Waals surface area contributed by atoms with Crippen LogP contribution in [0.2, 0.25) is 5.02 Å². The molecule has 0 aliphatic heterocycles. The molecule has 6 nitrogen and oxygen atoms in total. The Kier molecular flexibility index (Phi) is 5.77. The second-order valence-electron chi connectivity index (χ2n) is 4.84. The van der Waals surface area contributed by atoms with Crippen LogP contribution in [0.5, 0.6) is 5.75 Å². The summed E-state index contributed by atoms with van der Waals surface area (Å²) in [5.74, 6) is 0.477. The number of ether oxygens (including phenoxy) is 1. The molecule has 7 heteroatoms. The quantitative estimate of drug-likeness (QED) is 0.641. The van der Waals surface area contributed by atoms with Gasteiger partial charge < -0.3 is 15.4 Å². The van der Waals surface area contributed by atoms with E-state index in [1.807, 2.05) is 19.1 Å². The third-order valence-corrected chi connectivity index (χ3v) is 3.35. The van der Waals surface area contributed by atoms with Gasteiger partial charge in [0.1, 0.15) is 23.2 Å². The highest BCUT2D eigenvalue weighted by Gasteiger charge is 2.10. The molecule has 2 aromatic rings. The van der Waals surface area contributed by atoms with Crippen LogP contribution in [0.3, 0.4) is 0 Å². The Hall–Kier alpha value is -3.04. The number of methoxy groups -OCH3 is 1. The molecule has 122 valence electrons. The highest BCUT2D eigenvalue weighted by molar-refractivity contribution is 6.32. The summed E-state index contributed by atoms with van der Waals surface area (Å²) < 4.78 is 5.04. The van der Waals surface area contributed by atoms with Crippen LogP contribution in [-0.2, 0) is 4.79 Å². The number of pyridine rings is 1. The lowest BCUT2D eigenvalue weighted by atomic mass is 10.2. The van der Waals surface area contributed by atoms with Crippen molar-refractivity contribution in [2.24, 2.45) is 0 Å². The van der Waals surface area contributed by atoms with E-state index >= 15 is 0 Å². The van der Waals surface area contributed by atoms with E-state index < -0.39 is 5.91 Å². The molecule has 0 saturated carbocycles. The highest BCUT2D eigenvalue weighted by Crippen LogP contribution is 2.27. The summed E-state index contributed by atoms with van der Waals surface area (Å²) in [6, 6.07) is 10.3. The lowest BCUT2D eigenvalue weighted by Gasteiger charge is -2.08. The Balaban J connectivity index is 2.08. The average Bonchev–Trinajstić information content (AvgIpc) is 2.57. The Bertz CT molecular complexity index is 810. The molecule has 0 aliphatic carbocycles. The minimum atomic E-state index is -0.557. The summed E-state index contributed by atoms with van der Waals surface area (Å²) in [5.41, 5.74) is 1.38. The van der Waals surface area contributed by atoms with Gasteiger partial charge in [-0.1, -0.05) is 17.7 Å². The predicted octanol–water partition coefficient (Wildman–Crippen LogP) is 3.51. The second-order valence-corrected chi connectivity index (χ2v) is 5.25. The number of benzene rings is 1. The van der Waals surface area contributed by atoms with E-state index in [4.69, 9.17) is 21.6 Å². The highest BCUT2D eigenvalue weighted by atomic mass is 35.5. The summed E-state index contributed by atoms with van der Waals surface area (Å²) in [6.45, 7) is 1.92. The number of carbonyl (C=O) groups is 1. The summed E-state index contributed by atoms with van der Waals surface area (Å²) in [4.78, 5) is 16.3. The van der Waals surface area contributed by atoms with E-state index in [1.54, 1.807) is 30.5 Å². The first-order valence-corrected chi connectivity index (χ1v) is 7.35. The first kappa shape index (κ1) is 17.3. The largest absolute Gasteiger partial charge is 0.495 e. The number of rotatable bonds is 5. The van der Waals surface area contributed by atoms with Gasteiger partial charge in [0.15, 0.2) is 0 Å². The van der Waals surface area contributed by atoms with Crippen molar-refractivity contribution in [3.8, 4) is 11.8 Å². The number of aryl methyl sites for hydroxylation is 1. The number of hydrogen-bond acceptors (Lipinski definition) is 5.